The lowest BCUT2D eigenvalue weighted by Crippen LogP contribution is -2.36. The summed E-state index contributed by atoms with van der Waals surface area (Å²) < 4.78 is 24.9. The van der Waals surface area contributed by atoms with Crippen molar-refractivity contribution in [2.45, 2.75) is 0 Å². The lowest BCUT2D eigenvalue weighted by atomic mass is 10.3. The van der Waals surface area contributed by atoms with Gasteiger partial charge in [0, 0.05) is 13.1 Å². The van der Waals surface area contributed by atoms with Gasteiger partial charge in [-0.2, -0.15) is 0 Å². The maximum atomic E-state index is 11.8. The summed E-state index contributed by atoms with van der Waals surface area (Å²) in [6.45, 7) is 0.987. The van der Waals surface area contributed by atoms with Gasteiger partial charge < -0.3 is 10.6 Å². The third-order valence-electron chi connectivity index (χ3n) is 2.42. The van der Waals surface area contributed by atoms with Crippen LogP contribution in [0.2, 0.25) is 5.02 Å². The van der Waals surface area contributed by atoms with Crippen molar-refractivity contribution in [1.82, 2.24) is 4.90 Å². The first kappa shape index (κ1) is 15.1. The zero-order valence-corrected chi connectivity index (χ0v) is 12.3. The Morgan fingerprint density at radius 1 is 1.28 bits per heavy atom. The van der Waals surface area contributed by atoms with E-state index in [1.54, 1.807) is 18.2 Å². The van der Waals surface area contributed by atoms with Crippen molar-refractivity contribution >= 4 is 33.0 Å². The van der Waals surface area contributed by atoms with E-state index in [1.807, 2.05) is 19.0 Å². The van der Waals surface area contributed by atoms with Crippen LogP contribution in [0.1, 0.15) is 0 Å². The molecule has 18 heavy (non-hydrogen) atoms. The summed E-state index contributed by atoms with van der Waals surface area (Å²) in [4.78, 5) is 1.91. The smallest absolute Gasteiger partial charge is 0.232 e. The molecule has 1 aromatic carbocycles. The summed E-state index contributed by atoms with van der Waals surface area (Å²) in [5.74, 6) is 0. The van der Waals surface area contributed by atoms with Crippen LogP contribution in [-0.4, -0.2) is 46.8 Å². The van der Waals surface area contributed by atoms with E-state index in [-0.39, 0.29) is 0 Å². The summed E-state index contributed by atoms with van der Waals surface area (Å²) in [5, 5.41) is 0.353. The van der Waals surface area contributed by atoms with Crippen LogP contribution >= 0.6 is 11.6 Å². The fraction of sp³-hybridized carbons (Fsp3) is 0.455. The minimum atomic E-state index is -3.34. The van der Waals surface area contributed by atoms with Gasteiger partial charge in [-0.1, -0.05) is 11.6 Å². The van der Waals surface area contributed by atoms with E-state index in [9.17, 15) is 8.42 Å². The molecule has 5 nitrogen and oxygen atoms in total. The number of nitrogens with zero attached hydrogens (tertiary/aromatic N) is 2. The Balaban J connectivity index is 3.06. The average Bonchev–Trinajstić information content (AvgIpc) is 2.21. The molecule has 0 radical (unpaired) electrons. The number of hydrogen-bond donors (Lipinski definition) is 1. The first-order chi connectivity index (χ1) is 8.21. The second-order valence-electron chi connectivity index (χ2n) is 4.34. The molecular weight excluding hydrogens is 274 g/mol. The number of rotatable bonds is 5. The minimum absolute atomic E-state index is 0.353. The van der Waals surface area contributed by atoms with Gasteiger partial charge >= 0.3 is 0 Å². The molecule has 0 heterocycles. The highest BCUT2D eigenvalue weighted by molar-refractivity contribution is 7.92. The number of nitrogens with two attached hydrogens (primary N) is 1. The summed E-state index contributed by atoms with van der Waals surface area (Å²) in [5.41, 5.74) is 6.57. The summed E-state index contributed by atoms with van der Waals surface area (Å²) in [6.07, 6.45) is 1.17. The van der Waals surface area contributed by atoms with Gasteiger partial charge in [-0.15, -0.1) is 0 Å². The van der Waals surface area contributed by atoms with Crippen molar-refractivity contribution in [2.24, 2.45) is 0 Å². The topological polar surface area (TPSA) is 66.6 Å². The molecule has 0 aliphatic heterocycles. The van der Waals surface area contributed by atoms with E-state index in [0.717, 1.165) is 0 Å². The third kappa shape index (κ3) is 4.04. The first-order valence-corrected chi connectivity index (χ1v) is 7.62. The standard InChI is InChI=1S/C11H18ClN3O2S/c1-14(2)6-7-15(18(3,16)17)9-4-5-11(13)10(12)8-9/h4-5,8H,6-7,13H2,1-3H3. The molecule has 0 aliphatic rings. The van der Waals surface area contributed by atoms with E-state index < -0.39 is 10.0 Å². The van der Waals surface area contributed by atoms with E-state index in [0.29, 0.717) is 29.5 Å². The molecule has 0 amide bonds. The molecule has 0 atom stereocenters. The van der Waals surface area contributed by atoms with Crippen LogP contribution in [0.25, 0.3) is 0 Å². The number of sulfonamides is 1. The zero-order chi connectivity index (χ0) is 13.9. The van der Waals surface area contributed by atoms with E-state index >= 15 is 0 Å². The van der Waals surface area contributed by atoms with E-state index in [2.05, 4.69) is 0 Å². The largest absolute Gasteiger partial charge is 0.398 e. The van der Waals surface area contributed by atoms with E-state index in [4.69, 9.17) is 17.3 Å². The van der Waals surface area contributed by atoms with Crippen LogP contribution in [0, 0.1) is 0 Å². The first-order valence-electron chi connectivity index (χ1n) is 5.39. The highest BCUT2D eigenvalue weighted by Crippen LogP contribution is 2.26. The molecule has 0 fully saturated rings. The van der Waals surface area contributed by atoms with Gasteiger partial charge in [-0.3, -0.25) is 4.31 Å². The van der Waals surface area contributed by atoms with Gasteiger partial charge in [0.1, 0.15) is 0 Å². The van der Waals surface area contributed by atoms with Crippen molar-refractivity contribution in [3.63, 3.8) is 0 Å². The van der Waals surface area contributed by atoms with Gasteiger partial charge in [-0.05, 0) is 32.3 Å². The molecule has 0 unspecified atom stereocenters. The van der Waals surface area contributed by atoms with Gasteiger partial charge in [0.15, 0.2) is 0 Å². The van der Waals surface area contributed by atoms with Crippen LogP contribution in [0.5, 0.6) is 0 Å². The molecular formula is C11H18ClN3O2S. The normalized spacial score (nSPS) is 11.8. The second-order valence-corrected chi connectivity index (χ2v) is 6.66. The Labute approximate surface area is 113 Å². The van der Waals surface area contributed by atoms with Crippen LogP contribution < -0.4 is 10.0 Å². The van der Waals surface area contributed by atoms with Crippen molar-refractivity contribution in [3.05, 3.63) is 23.2 Å². The Kier molecular flexibility index (Phi) is 4.84. The average molecular weight is 292 g/mol. The Hall–Kier alpha value is -0.980. The van der Waals surface area contributed by atoms with Gasteiger partial charge in [0.25, 0.3) is 0 Å². The SMILES string of the molecule is CN(C)CCN(c1ccc(N)c(Cl)c1)S(C)(=O)=O. The fourth-order valence-electron chi connectivity index (χ4n) is 1.45. The van der Waals surface area contributed by atoms with Crippen molar-refractivity contribution < 1.29 is 8.42 Å². The summed E-state index contributed by atoms with van der Waals surface area (Å²) in [7, 11) is 0.435. The highest BCUT2D eigenvalue weighted by Gasteiger charge is 2.18. The monoisotopic (exact) mass is 291 g/mol. The lowest BCUT2D eigenvalue weighted by Gasteiger charge is -2.24. The number of nitrogen functional groups attached to an aromatic ring is 1. The Morgan fingerprint density at radius 3 is 2.33 bits per heavy atom. The predicted octanol–water partition coefficient (Wildman–Crippen LogP) is 1.25. The summed E-state index contributed by atoms with van der Waals surface area (Å²) >= 11 is 5.91. The van der Waals surface area contributed by atoms with Gasteiger partial charge in [0.05, 0.1) is 22.7 Å². The van der Waals surface area contributed by atoms with Crippen LogP contribution in [0.15, 0.2) is 18.2 Å². The number of anilines is 2. The lowest BCUT2D eigenvalue weighted by molar-refractivity contribution is 0.419. The molecule has 1 aromatic rings. The molecule has 0 saturated heterocycles. The molecule has 102 valence electrons. The number of likely N-dealkylation sites (N-methyl/N-ethyl adjacent to an activating group) is 1. The molecule has 0 spiro atoms. The molecule has 0 aromatic heterocycles. The predicted molar refractivity (Wildman–Crippen MR) is 76.6 cm³/mol. The minimum Gasteiger partial charge on any atom is -0.398 e. The van der Waals surface area contributed by atoms with Crippen LogP contribution in [-0.2, 0) is 10.0 Å². The van der Waals surface area contributed by atoms with Crippen LogP contribution in [0.4, 0.5) is 11.4 Å². The zero-order valence-electron chi connectivity index (χ0n) is 10.7. The number of halogens is 1. The third-order valence-corrected chi connectivity index (χ3v) is 3.94. The number of hydrogen-bond acceptors (Lipinski definition) is 4. The molecule has 7 heteroatoms. The molecule has 1 rings (SSSR count). The maximum Gasteiger partial charge on any atom is 0.232 e. The summed E-state index contributed by atoms with van der Waals surface area (Å²) in [6, 6.07) is 4.82. The highest BCUT2D eigenvalue weighted by atomic mass is 35.5. The van der Waals surface area contributed by atoms with Crippen molar-refractivity contribution in [3.8, 4) is 0 Å². The molecule has 0 bridgehead atoms. The second kappa shape index (κ2) is 5.77. The maximum absolute atomic E-state index is 11.8. The van der Waals surface area contributed by atoms with Crippen molar-refractivity contribution in [1.29, 1.82) is 0 Å². The Bertz CT molecular complexity index is 517. The molecule has 0 aliphatic carbocycles. The molecule has 0 saturated carbocycles. The quantitative estimate of drug-likeness (QED) is 0.829. The van der Waals surface area contributed by atoms with Crippen molar-refractivity contribution in [2.75, 3.05) is 43.5 Å². The van der Waals surface area contributed by atoms with Gasteiger partial charge in [0.2, 0.25) is 10.0 Å². The van der Waals surface area contributed by atoms with Gasteiger partial charge in [-0.25, -0.2) is 8.42 Å². The van der Waals surface area contributed by atoms with E-state index in [1.165, 1.54) is 10.6 Å². The Morgan fingerprint density at radius 2 is 1.89 bits per heavy atom. The molecule has 2 N–H and O–H groups in total. The number of benzene rings is 1. The fourth-order valence-corrected chi connectivity index (χ4v) is 2.53. The van der Waals surface area contributed by atoms with Crippen LogP contribution in [0.3, 0.4) is 0 Å².